The summed E-state index contributed by atoms with van der Waals surface area (Å²) in [5, 5.41) is 8.88. The first-order valence-electron chi connectivity index (χ1n) is 7.55. The predicted molar refractivity (Wildman–Crippen MR) is 83.9 cm³/mol. The molecule has 1 aliphatic heterocycles. The van der Waals surface area contributed by atoms with Crippen molar-refractivity contribution < 1.29 is 23.4 Å². The quantitative estimate of drug-likeness (QED) is 0.893. The number of halogens is 1. The van der Waals surface area contributed by atoms with Gasteiger partial charge in [-0.15, -0.1) is 0 Å². The van der Waals surface area contributed by atoms with E-state index in [9.17, 15) is 9.18 Å². The van der Waals surface area contributed by atoms with Gasteiger partial charge in [-0.05, 0) is 18.2 Å². The van der Waals surface area contributed by atoms with Gasteiger partial charge in [0.1, 0.15) is 17.8 Å². The molecule has 24 heavy (non-hydrogen) atoms. The molecule has 0 saturated carbocycles. The summed E-state index contributed by atoms with van der Waals surface area (Å²) in [6.07, 6.45) is 1.14. The fourth-order valence-electron chi connectivity index (χ4n) is 2.72. The smallest absolute Gasteiger partial charge is 0.357 e. The van der Waals surface area contributed by atoms with Crippen LogP contribution in [0.25, 0.3) is 0 Å². The van der Waals surface area contributed by atoms with Crippen molar-refractivity contribution in [1.82, 2.24) is 9.88 Å². The van der Waals surface area contributed by atoms with E-state index in [4.69, 9.17) is 14.3 Å². The van der Waals surface area contributed by atoms with Crippen molar-refractivity contribution in [2.75, 3.05) is 38.2 Å². The van der Waals surface area contributed by atoms with Gasteiger partial charge in [0.25, 0.3) is 6.01 Å². The number of hydrogen-bond donors (Lipinski definition) is 1. The molecule has 0 atom stereocenters. The Balaban J connectivity index is 1.61. The van der Waals surface area contributed by atoms with Gasteiger partial charge < -0.3 is 19.2 Å². The maximum Gasteiger partial charge on any atom is 0.357 e. The molecule has 0 unspecified atom stereocenters. The lowest BCUT2D eigenvalue weighted by Gasteiger charge is -2.34. The molecule has 1 aromatic heterocycles. The minimum atomic E-state index is -1.11. The van der Waals surface area contributed by atoms with Crippen LogP contribution in [0.1, 0.15) is 16.1 Å². The van der Waals surface area contributed by atoms with Crippen molar-refractivity contribution in [2.45, 2.75) is 6.54 Å². The number of carboxylic acid groups (broad SMARTS) is 1. The van der Waals surface area contributed by atoms with Gasteiger partial charge in [-0.3, -0.25) is 4.90 Å². The number of aromatic nitrogens is 1. The molecule has 1 fully saturated rings. The summed E-state index contributed by atoms with van der Waals surface area (Å²) < 4.78 is 23.9. The van der Waals surface area contributed by atoms with Crippen LogP contribution in [0.2, 0.25) is 0 Å². The molecule has 1 N–H and O–H groups in total. The number of carboxylic acids is 1. The third-order valence-corrected chi connectivity index (χ3v) is 3.99. The largest absolute Gasteiger partial charge is 0.496 e. The molecule has 0 spiro atoms. The van der Waals surface area contributed by atoms with E-state index < -0.39 is 5.97 Å². The van der Waals surface area contributed by atoms with Crippen LogP contribution in [0, 0.1) is 5.82 Å². The zero-order valence-corrected chi connectivity index (χ0v) is 13.2. The van der Waals surface area contributed by atoms with E-state index in [0.29, 0.717) is 31.4 Å². The lowest BCUT2D eigenvalue weighted by atomic mass is 10.1. The number of nitrogens with zero attached hydrogens (tertiary/aromatic N) is 3. The predicted octanol–water partition coefficient (Wildman–Crippen LogP) is 1.84. The Morgan fingerprint density at radius 2 is 2.12 bits per heavy atom. The van der Waals surface area contributed by atoms with Crippen molar-refractivity contribution in [3.05, 3.63) is 41.5 Å². The first-order valence-corrected chi connectivity index (χ1v) is 7.55. The third-order valence-electron chi connectivity index (χ3n) is 3.99. The summed E-state index contributed by atoms with van der Waals surface area (Å²) >= 11 is 0. The summed E-state index contributed by atoms with van der Waals surface area (Å²) in [7, 11) is 1.57. The molecule has 0 radical (unpaired) electrons. The summed E-state index contributed by atoms with van der Waals surface area (Å²) in [6.45, 7) is 3.34. The normalized spacial score (nSPS) is 15.5. The van der Waals surface area contributed by atoms with E-state index >= 15 is 0 Å². The van der Waals surface area contributed by atoms with Gasteiger partial charge in [0.2, 0.25) is 0 Å². The van der Waals surface area contributed by atoms with Crippen LogP contribution in [0.15, 0.2) is 28.9 Å². The average molecular weight is 335 g/mol. The molecule has 0 bridgehead atoms. The monoisotopic (exact) mass is 335 g/mol. The Morgan fingerprint density at radius 1 is 1.38 bits per heavy atom. The molecule has 7 nitrogen and oxygen atoms in total. The number of hydrogen-bond acceptors (Lipinski definition) is 6. The Labute approximate surface area is 138 Å². The van der Waals surface area contributed by atoms with Crippen LogP contribution in [0.4, 0.5) is 10.4 Å². The van der Waals surface area contributed by atoms with E-state index in [1.165, 1.54) is 12.1 Å². The van der Waals surface area contributed by atoms with Crippen LogP contribution in [0.3, 0.4) is 0 Å². The molecule has 0 amide bonds. The first-order chi connectivity index (χ1) is 11.6. The Morgan fingerprint density at radius 3 is 2.75 bits per heavy atom. The number of piperazine rings is 1. The molecule has 128 valence electrons. The highest BCUT2D eigenvalue weighted by Crippen LogP contribution is 2.22. The first kappa shape index (κ1) is 16.3. The van der Waals surface area contributed by atoms with Gasteiger partial charge in [-0.25, -0.2) is 9.18 Å². The Hall–Kier alpha value is -2.61. The van der Waals surface area contributed by atoms with Crippen molar-refractivity contribution in [3.63, 3.8) is 0 Å². The fourth-order valence-corrected chi connectivity index (χ4v) is 2.72. The van der Waals surface area contributed by atoms with E-state index in [2.05, 4.69) is 9.88 Å². The Kier molecular flexibility index (Phi) is 4.66. The highest BCUT2D eigenvalue weighted by molar-refractivity contribution is 5.85. The second-order valence-corrected chi connectivity index (χ2v) is 5.54. The second-order valence-electron chi connectivity index (χ2n) is 5.54. The number of benzene rings is 1. The van der Waals surface area contributed by atoms with Gasteiger partial charge in [0, 0.05) is 38.3 Å². The van der Waals surface area contributed by atoms with E-state index in [1.54, 1.807) is 13.2 Å². The summed E-state index contributed by atoms with van der Waals surface area (Å²) in [5.41, 5.74) is 0.701. The van der Waals surface area contributed by atoms with Crippen molar-refractivity contribution in [3.8, 4) is 5.75 Å². The minimum Gasteiger partial charge on any atom is -0.496 e. The van der Waals surface area contributed by atoms with Gasteiger partial charge in [0.05, 0.1) is 7.11 Å². The molecule has 1 saturated heterocycles. The number of oxazole rings is 1. The maximum atomic E-state index is 13.4. The van der Waals surface area contributed by atoms with Gasteiger partial charge in [-0.1, -0.05) is 0 Å². The van der Waals surface area contributed by atoms with E-state index in [-0.39, 0.29) is 11.5 Å². The fraction of sp³-hybridized carbons (Fsp3) is 0.375. The summed E-state index contributed by atoms with van der Waals surface area (Å²) in [4.78, 5) is 18.9. The summed E-state index contributed by atoms with van der Waals surface area (Å²) in [6, 6.07) is 4.80. The zero-order valence-electron chi connectivity index (χ0n) is 13.2. The highest BCUT2D eigenvalue weighted by Gasteiger charge is 2.22. The highest BCUT2D eigenvalue weighted by atomic mass is 19.1. The second kappa shape index (κ2) is 6.88. The molecule has 1 aliphatic rings. The van der Waals surface area contributed by atoms with Crippen LogP contribution in [0.5, 0.6) is 5.75 Å². The average Bonchev–Trinajstić information content (AvgIpc) is 3.06. The van der Waals surface area contributed by atoms with Gasteiger partial charge >= 0.3 is 5.97 Å². The zero-order chi connectivity index (χ0) is 17.1. The molecule has 8 heteroatoms. The number of carbonyl (C=O) groups is 1. The van der Waals surface area contributed by atoms with Crippen LogP contribution < -0.4 is 9.64 Å². The molecular weight excluding hydrogens is 317 g/mol. The molecule has 2 heterocycles. The van der Waals surface area contributed by atoms with Crippen molar-refractivity contribution in [1.29, 1.82) is 0 Å². The SMILES string of the molecule is COc1ccc(F)cc1CN1CCN(c2nc(C(=O)O)co2)CC1. The third kappa shape index (κ3) is 3.48. The maximum absolute atomic E-state index is 13.4. The summed E-state index contributed by atoms with van der Waals surface area (Å²) in [5.74, 6) is -0.732. The van der Waals surface area contributed by atoms with Gasteiger partial charge in [-0.2, -0.15) is 4.98 Å². The number of anilines is 1. The minimum absolute atomic E-state index is 0.100. The lowest BCUT2D eigenvalue weighted by Crippen LogP contribution is -2.46. The number of methoxy groups -OCH3 is 1. The molecule has 2 aromatic rings. The number of aromatic carboxylic acids is 1. The standard InChI is InChI=1S/C16H18FN3O4/c1-23-14-3-2-12(17)8-11(14)9-19-4-6-20(7-5-19)16-18-13(10-24-16)15(21)22/h2-3,8,10H,4-7,9H2,1H3,(H,21,22). The molecule has 3 rings (SSSR count). The molecule has 1 aromatic carbocycles. The molecule has 0 aliphatic carbocycles. The van der Waals surface area contributed by atoms with Crippen LogP contribution in [-0.2, 0) is 6.54 Å². The van der Waals surface area contributed by atoms with Crippen molar-refractivity contribution >= 4 is 12.0 Å². The van der Waals surface area contributed by atoms with E-state index in [1.807, 2.05) is 4.90 Å². The topological polar surface area (TPSA) is 79.0 Å². The van der Waals surface area contributed by atoms with Crippen LogP contribution >= 0.6 is 0 Å². The van der Waals surface area contributed by atoms with Gasteiger partial charge in [0.15, 0.2) is 5.69 Å². The van der Waals surface area contributed by atoms with E-state index in [0.717, 1.165) is 24.9 Å². The molecular formula is C16H18FN3O4. The number of rotatable bonds is 5. The number of ether oxygens (including phenoxy) is 1. The van der Waals surface area contributed by atoms with Crippen LogP contribution in [-0.4, -0.2) is 54.2 Å². The Bertz CT molecular complexity index is 726. The van der Waals surface area contributed by atoms with Crippen molar-refractivity contribution in [2.24, 2.45) is 0 Å². The lowest BCUT2D eigenvalue weighted by molar-refractivity contribution is 0.0690.